The van der Waals surface area contributed by atoms with Gasteiger partial charge in [0.1, 0.15) is 42.8 Å². The maximum atomic E-state index is 11.5. The number of aliphatic hydroxyl groups excluding tert-OH is 2. The van der Waals surface area contributed by atoms with Gasteiger partial charge in [0, 0.05) is 37.1 Å². The summed E-state index contributed by atoms with van der Waals surface area (Å²) in [6, 6.07) is 12.2. The highest BCUT2D eigenvalue weighted by Crippen LogP contribution is 2.53. The van der Waals surface area contributed by atoms with E-state index in [1.165, 1.54) is 18.1 Å². The van der Waals surface area contributed by atoms with Crippen LogP contribution in [0.1, 0.15) is 40.7 Å². The first-order valence-electron chi connectivity index (χ1n) is 14.7. The molecule has 0 saturated heterocycles. The van der Waals surface area contributed by atoms with Gasteiger partial charge in [-0.15, -0.1) is 0 Å². The van der Waals surface area contributed by atoms with Crippen molar-refractivity contribution in [3.63, 3.8) is 0 Å². The van der Waals surface area contributed by atoms with E-state index < -0.39 is 12.2 Å². The minimum absolute atomic E-state index is 0.0103. The van der Waals surface area contributed by atoms with E-state index in [1.54, 1.807) is 25.3 Å². The van der Waals surface area contributed by atoms with E-state index >= 15 is 0 Å². The molecule has 0 spiro atoms. The Bertz CT molecular complexity index is 1510. The number of phenolic OH excluding ortho intramolecular Hbond substituents is 2. The zero-order valence-electron chi connectivity index (χ0n) is 24.4. The summed E-state index contributed by atoms with van der Waals surface area (Å²) in [5, 5.41) is 45.0. The number of rotatable bonds is 10. The first kappa shape index (κ1) is 29.1. The number of nitrogens with one attached hydrogen (secondary N) is 2. The van der Waals surface area contributed by atoms with Gasteiger partial charge < -0.3 is 44.7 Å². The second-order valence-corrected chi connectivity index (χ2v) is 11.3. The molecule has 3 aliphatic rings. The monoisotopic (exact) mass is 591 g/mol. The number of aromatic hydroxyl groups is 2. The van der Waals surface area contributed by atoms with Gasteiger partial charge in [-0.1, -0.05) is 12.1 Å². The third kappa shape index (κ3) is 5.59. The molecule has 2 heterocycles. The first-order valence-corrected chi connectivity index (χ1v) is 14.7. The van der Waals surface area contributed by atoms with Gasteiger partial charge in [-0.2, -0.15) is 0 Å². The molecule has 10 nitrogen and oxygen atoms in total. The van der Waals surface area contributed by atoms with Crippen LogP contribution in [0.25, 0.3) is 11.1 Å². The average Bonchev–Trinajstić information content (AvgIpc) is 3.45. The summed E-state index contributed by atoms with van der Waals surface area (Å²) in [4.78, 5) is 1.27. The van der Waals surface area contributed by atoms with Crippen LogP contribution in [-0.4, -0.2) is 73.3 Å². The Morgan fingerprint density at radius 2 is 1.91 bits per heavy atom. The van der Waals surface area contributed by atoms with E-state index in [0.29, 0.717) is 42.3 Å². The number of aliphatic hydroxyl groups is 2. The maximum Gasteiger partial charge on any atom is 0.188 e. The fourth-order valence-corrected chi connectivity index (χ4v) is 6.72. The van der Waals surface area contributed by atoms with Crippen LogP contribution in [0.3, 0.4) is 0 Å². The SMILES string of the molecule is COCC1NC=C[NH+]1CC[C@H]1Cc2cc(O)ccc2-c2c(OCCO)cc3c(c21)C[C@@H](O)[C@@H](c1ccc(O)c(OC)c1)O3. The van der Waals surface area contributed by atoms with Crippen molar-refractivity contribution in [2.75, 3.05) is 40.6 Å². The Labute approximate surface area is 250 Å². The molecule has 0 fully saturated rings. The Morgan fingerprint density at radius 3 is 2.70 bits per heavy atom. The molecule has 0 aromatic heterocycles. The highest BCUT2D eigenvalue weighted by molar-refractivity contribution is 5.83. The molecule has 0 saturated carbocycles. The third-order valence-corrected chi connectivity index (χ3v) is 8.69. The number of benzene rings is 3. The Hall–Kier alpha value is -3.96. The van der Waals surface area contributed by atoms with Gasteiger partial charge in [0.15, 0.2) is 17.7 Å². The van der Waals surface area contributed by atoms with Gasteiger partial charge >= 0.3 is 0 Å². The molecule has 6 rings (SSSR count). The lowest BCUT2D eigenvalue weighted by Crippen LogP contribution is -3.12. The fraction of sp³-hybridized carbons (Fsp3) is 0.394. The van der Waals surface area contributed by atoms with Gasteiger partial charge in [-0.3, -0.25) is 4.90 Å². The maximum absolute atomic E-state index is 11.5. The lowest BCUT2D eigenvalue weighted by atomic mass is 9.73. The summed E-state index contributed by atoms with van der Waals surface area (Å²) >= 11 is 0. The molecular weight excluding hydrogens is 552 g/mol. The topological polar surface area (TPSA) is 134 Å². The highest BCUT2D eigenvalue weighted by Gasteiger charge is 2.39. The van der Waals surface area contributed by atoms with Crippen molar-refractivity contribution < 1.29 is 44.3 Å². The van der Waals surface area contributed by atoms with Crippen molar-refractivity contribution in [1.29, 1.82) is 0 Å². The normalized spacial score (nSPS) is 23.5. The van der Waals surface area contributed by atoms with Crippen LogP contribution in [0, 0.1) is 0 Å². The van der Waals surface area contributed by atoms with Gasteiger partial charge in [-0.25, -0.2) is 0 Å². The van der Waals surface area contributed by atoms with Crippen LogP contribution < -0.4 is 24.4 Å². The average molecular weight is 592 g/mol. The van der Waals surface area contributed by atoms with Crippen LogP contribution in [0.4, 0.5) is 0 Å². The first-order chi connectivity index (χ1) is 20.9. The molecule has 6 N–H and O–H groups in total. The number of fused-ring (bicyclic) bond motifs is 5. The van der Waals surface area contributed by atoms with Gasteiger partial charge in [0.2, 0.25) is 0 Å². The highest BCUT2D eigenvalue weighted by atomic mass is 16.5. The molecule has 3 aromatic rings. The van der Waals surface area contributed by atoms with E-state index in [-0.39, 0.29) is 36.8 Å². The van der Waals surface area contributed by atoms with Crippen molar-refractivity contribution in [3.05, 3.63) is 77.1 Å². The third-order valence-electron chi connectivity index (χ3n) is 8.69. The predicted molar refractivity (Wildman–Crippen MR) is 159 cm³/mol. The zero-order chi connectivity index (χ0) is 30.1. The van der Waals surface area contributed by atoms with Crippen LogP contribution in [0.2, 0.25) is 0 Å². The van der Waals surface area contributed by atoms with Crippen molar-refractivity contribution >= 4 is 0 Å². The standard InChI is InChI=1S/C33H38N2O8/c1-40-18-30-34-8-10-35(30)9-7-19-13-21-14-22(37)4-5-23(21)32-29(42-12-11-36)17-27-24(31(19)32)16-26(39)33(43-27)20-3-6-25(38)28(15-20)41-2/h3-6,8,10,14-15,17,19,26,30,33-34,36-39H,7,9,11-13,16,18H2,1-2H3/p+1/t19-,26+,30?,33+/m0/s1. The Kier molecular flexibility index (Phi) is 8.36. The summed E-state index contributed by atoms with van der Waals surface area (Å²) in [7, 11) is 3.18. The molecule has 2 unspecified atom stereocenters. The summed E-state index contributed by atoms with van der Waals surface area (Å²) in [6.45, 7) is 1.38. The number of phenols is 2. The molecule has 228 valence electrons. The van der Waals surface area contributed by atoms with Gasteiger partial charge in [0.05, 0.1) is 32.6 Å². The molecule has 3 aromatic carbocycles. The van der Waals surface area contributed by atoms with Crippen LogP contribution in [0.5, 0.6) is 28.7 Å². The number of hydrogen-bond acceptors (Lipinski definition) is 9. The van der Waals surface area contributed by atoms with Crippen LogP contribution >= 0.6 is 0 Å². The van der Waals surface area contributed by atoms with Gasteiger partial charge in [-0.05, 0) is 58.9 Å². The van der Waals surface area contributed by atoms with Crippen molar-refractivity contribution in [2.45, 2.75) is 43.6 Å². The summed E-state index contributed by atoms with van der Waals surface area (Å²) in [6.07, 6.45) is 4.58. The molecule has 0 amide bonds. The Balaban J connectivity index is 1.44. The number of methoxy groups -OCH3 is 2. The summed E-state index contributed by atoms with van der Waals surface area (Å²) in [5.41, 5.74) is 5.59. The quantitative estimate of drug-likeness (QED) is 0.210. The number of quaternary nitrogens is 1. The van der Waals surface area contributed by atoms with Crippen LogP contribution in [0.15, 0.2) is 54.9 Å². The molecule has 43 heavy (non-hydrogen) atoms. The second kappa shape index (κ2) is 12.3. The summed E-state index contributed by atoms with van der Waals surface area (Å²) < 4.78 is 23.4. The number of hydrogen-bond donors (Lipinski definition) is 6. The lowest BCUT2D eigenvalue weighted by Gasteiger charge is -2.38. The van der Waals surface area contributed by atoms with E-state index in [2.05, 4.69) is 11.5 Å². The van der Waals surface area contributed by atoms with E-state index in [4.69, 9.17) is 18.9 Å². The number of ether oxygens (including phenoxy) is 4. The van der Waals surface area contributed by atoms with Gasteiger partial charge in [0.25, 0.3) is 0 Å². The lowest BCUT2D eigenvalue weighted by molar-refractivity contribution is -0.871. The molecule has 1 aliphatic carbocycles. The van der Waals surface area contributed by atoms with E-state index in [1.807, 2.05) is 24.4 Å². The van der Waals surface area contributed by atoms with E-state index in [9.17, 15) is 20.4 Å². The van der Waals surface area contributed by atoms with Crippen molar-refractivity contribution in [3.8, 4) is 39.9 Å². The molecule has 0 bridgehead atoms. The van der Waals surface area contributed by atoms with Crippen LogP contribution in [-0.2, 0) is 17.6 Å². The molecule has 5 atom stereocenters. The molecular formula is C33H39N2O8+. The molecule has 2 aliphatic heterocycles. The minimum Gasteiger partial charge on any atom is -0.508 e. The Morgan fingerprint density at radius 1 is 1.05 bits per heavy atom. The smallest absolute Gasteiger partial charge is 0.188 e. The molecule has 10 heteroatoms. The largest absolute Gasteiger partial charge is 0.508 e. The van der Waals surface area contributed by atoms with E-state index in [0.717, 1.165) is 40.8 Å². The minimum atomic E-state index is -0.848. The van der Waals surface area contributed by atoms with Crippen molar-refractivity contribution in [2.24, 2.45) is 0 Å². The predicted octanol–water partition coefficient (Wildman–Crippen LogP) is 2.14. The zero-order valence-corrected chi connectivity index (χ0v) is 24.4. The molecule has 0 radical (unpaired) electrons. The second-order valence-electron chi connectivity index (χ2n) is 11.3. The fourth-order valence-electron chi connectivity index (χ4n) is 6.72. The summed E-state index contributed by atoms with van der Waals surface area (Å²) in [5.74, 6) is 1.78. The van der Waals surface area contributed by atoms with Crippen molar-refractivity contribution in [1.82, 2.24) is 5.32 Å².